The van der Waals surface area contributed by atoms with Crippen molar-refractivity contribution in [2.75, 3.05) is 31.1 Å². The first-order chi connectivity index (χ1) is 12.4. The number of nitro groups is 1. The molecule has 0 radical (unpaired) electrons. The summed E-state index contributed by atoms with van der Waals surface area (Å²) >= 11 is 5.97. The summed E-state index contributed by atoms with van der Waals surface area (Å²) < 4.78 is 13.1. The summed E-state index contributed by atoms with van der Waals surface area (Å²) in [6, 6.07) is 8.75. The summed E-state index contributed by atoms with van der Waals surface area (Å²) in [5.74, 6) is -0.709. The lowest BCUT2D eigenvalue weighted by atomic mass is 10.1. The summed E-state index contributed by atoms with van der Waals surface area (Å²) in [6.45, 7) is 3.88. The van der Waals surface area contributed by atoms with E-state index in [2.05, 4.69) is 4.90 Å². The van der Waals surface area contributed by atoms with Crippen molar-refractivity contribution in [3.8, 4) is 0 Å². The number of amides is 1. The fraction of sp³-hybridized carbons (Fsp3) is 0.278. The molecule has 0 N–H and O–H groups in total. The predicted octanol–water partition coefficient (Wildman–Crippen LogP) is 3.66. The van der Waals surface area contributed by atoms with Crippen LogP contribution in [0.1, 0.15) is 15.9 Å². The highest BCUT2D eigenvalue weighted by Crippen LogP contribution is 2.26. The van der Waals surface area contributed by atoms with Crippen molar-refractivity contribution in [3.63, 3.8) is 0 Å². The lowest BCUT2D eigenvalue weighted by Gasteiger charge is -2.36. The number of aryl methyl sites for hydroxylation is 1. The third kappa shape index (κ3) is 3.62. The number of piperazine rings is 1. The van der Waals surface area contributed by atoms with Gasteiger partial charge in [0.05, 0.1) is 15.5 Å². The standard InChI is InChI=1S/C18H17ClFN3O3/c1-12-10-14(3-5-17(12)23(25)26)21-6-8-22(9-7-21)18(24)15-4-2-13(20)11-16(15)19/h2-5,10-11H,6-9H2,1H3. The van der Waals surface area contributed by atoms with Gasteiger partial charge in [-0.3, -0.25) is 14.9 Å². The van der Waals surface area contributed by atoms with E-state index in [1.54, 1.807) is 24.0 Å². The minimum absolute atomic E-state index is 0.0912. The van der Waals surface area contributed by atoms with Crippen LogP contribution in [0, 0.1) is 22.9 Å². The number of hydrogen-bond donors (Lipinski definition) is 0. The zero-order valence-corrected chi connectivity index (χ0v) is 14.9. The van der Waals surface area contributed by atoms with Crippen molar-refractivity contribution in [1.82, 2.24) is 4.90 Å². The van der Waals surface area contributed by atoms with E-state index in [0.717, 1.165) is 11.8 Å². The van der Waals surface area contributed by atoms with Crippen molar-refractivity contribution >= 4 is 28.9 Å². The van der Waals surface area contributed by atoms with Crippen LogP contribution in [-0.4, -0.2) is 41.9 Å². The Morgan fingerprint density at radius 2 is 1.85 bits per heavy atom. The molecule has 26 heavy (non-hydrogen) atoms. The van der Waals surface area contributed by atoms with Crippen molar-refractivity contribution in [2.24, 2.45) is 0 Å². The van der Waals surface area contributed by atoms with E-state index in [1.165, 1.54) is 18.2 Å². The van der Waals surface area contributed by atoms with Crippen molar-refractivity contribution < 1.29 is 14.1 Å². The lowest BCUT2D eigenvalue weighted by Crippen LogP contribution is -2.48. The van der Waals surface area contributed by atoms with Crippen LogP contribution in [0.15, 0.2) is 36.4 Å². The molecule has 6 nitrogen and oxygen atoms in total. The Morgan fingerprint density at radius 3 is 2.42 bits per heavy atom. The van der Waals surface area contributed by atoms with E-state index in [4.69, 9.17) is 11.6 Å². The molecule has 1 amide bonds. The lowest BCUT2D eigenvalue weighted by molar-refractivity contribution is -0.385. The zero-order chi connectivity index (χ0) is 18.8. The molecular weight excluding hydrogens is 361 g/mol. The first kappa shape index (κ1) is 18.1. The van der Waals surface area contributed by atoms with Gasteiger partial charge in [-0.2, -0.15) is 0 Å². The van der Waals surface area contributed by atoms with Crippen LogP contribution < -0.4 is 4.90 Å². The molecule has 1 aliphatic rings. The second-order valence-corrected chi connectivity index (χ2v) is 6.54. The van der Waals surface area contributed by atoms with Gasteiger partial charge in [0.25, 0.3) is 11.6 Å². The third-order valence-electron chi connectivity index (χ3n) is 4.47. The Labute approximate surface area is 154 Å². The van der Waals surface area contributed by atoms with E-state index >= 15 is 0 Å². The van der Waals surface area contributed by atoms with Crippen LogP contribution in [0.3, 0.4) is 0 Å². The zero-order valence-electron chi connectivity index (χ0n) is 14.1. The number of benzene rings is 2. The highest BCUT2D eigenvalue weighted by Gasteiger charge is 2.24. The number of rotatable bonds is 3. The van der Waals surface area contributed by atoms with Crippen LogP contribution >= 0.6 is 11.6 Å². The van der Waals surface area contributed by atoms with E-state index in [1.807, 2.05) is 0 Å². The Balaban J connectivity index is 1.68. The van der Waals surface area contributed by atoms with Crippen LogP contribution in [0.5, 0.6) is 0 Å². The average Bonchev–Trinajstić information content (AvgIpc) is 2.61. The number of carbonyl (C=O) groups is 1. The molecule has 0 aromatic heterocycles. The third-order valence-corrected chi connectivity index (χ3v) is 4.78. The van der Waals surface area contributed by atoms with Crippen LogP contribution in [0.2, 0.25) is 5.02 Å². The monoisotopic (exact) mass is 377 g/mol. The van der Waals surface area contributed by atoms with E-state index in [0.29, 0.717) is 31.7 Å². The van der Waals surface area contributed by atoms with Crippen LogP contribution in [0.25, 0.3) is 0 Å². The molecule has 0 unspecified atom stereocenters. The molecule has 1 heterocycles. The molecule has 3 rings (SSSR count). The number of hydrogen-bond acceptors (Lipinski definition) is 4. The summed E-state index contributed by atoms with van der Waals surface area (Å²) in [4.78, 5) is 26.8. The van der Waals surface area contributed by atoms with Gasteiger partial charge in [0.2, 0.25) is 0 Å². The molecule has 1 saturated heterocycles. The Bertz CT molecular complexity index is 867. The normalized spacial score (nSPS) is 14.4. The van der Waals surface area contributed by atoms with E-state index in [-0.39, 0.29) is 22.2 Å². The van der Waals surface area contributed by atoms with Crippen LogP contribution in [-0.2, 0) is 0 Å². The predicted molar refractivity (Wildman–Crippen MR) is 97.4 cm³/mol. The molecule has 0 spiro atoms. The van der Waals surface area contributed by atoms with E-state index in [9.17, 15) is 19.3 Å². The second-order valence-electron chi connectivity index (χ2n) is 6.13. The molecule has 0 bridgehead atoms. The number of anilines is 1. The number of carbonyl (C=O) groups excluding carboxylic acids is 1. The molecule has 0 saturated carbocycles. The summed E-state index contributed by atoms with van der Waals surface area (Å²) in [5.41, 5.74) is 1.87. The Morgan fingerprint density at radius 1 is 1.15 bits per heavy atom. The van der Waals surface area contributed by atoms with Crippen LogP contribution in [0.4, 0.5) is 15.8 Å². The Kier molecular flexibility index (Phi) is 5.08. The molecule has 136 valence electrons. The largest absolute Gasteiger partial charge is 0.368 e. The fourth-order valence-corrected chi connectivity index (χ4v) is 3.29. The maximum absolute atomic E-state index is 13.1. The highest BCUT2D eigenvalue weighted by atomic mass is 35.5. The fourth-order valence-electron chi connectivity index (χ4n) is 3.04. The van der Waals surface area contributed by atoms with Gasteiger partial charge < -0.3 is 9.80 Å². The van der Waals surface area contributed by atoms with Crippen molar-refractivity contribution in [1.29, 1.82) is 0 Å². The van der Waals surface area contributed by atoms with Gasteiger partial charge in [0.15, 0.2) is 0 Å². The van der Waals surface area contributed by atoms with Gasteiger partial charge in [0.1, 0.15) is 5.82 Å². The molecule has 2 aromatic carbocycles. The molecule has 0 atom stereocenters. The van der Waals surface area contributed by atoms with Gasteiger partial charge in [0, 0.05) is 43.5 Å². The summed E-state index contributed by atoms with van der Waals surface area (Å²) in [5, 5.41) is 11.0. The smallest absolute Gasteiger partial charge is 0.272 e. The SMILES string of the molecule is Cc1cc(N2CCN(C(=O)c3ccc(F)cc3Cl)CC2)ccc1[N+](=O)[O-]. The first-order valence-corrected chi connectivity index (χ1v) is 8.49. The van der Waals surface area contributed by atoms with Gasteiger partial charge in [-0.05, 0) is 37.3 Å². The molecule has 1 aliphatic heterocycles. The van der Waals surface area contributed by atoms with Gasteiger partial charge >= 0.3 is 0 Å². The minimum atomic E-state index is -0.482. The maximum Gasteiger partial charge on any atom is 0.272 e. The molecule has 2 aromatic rings. The maximum atomic E-state index is 13.1. The van der Waals surface area contributed by atoms with Gasteiger partial charge in [-0.15, -0.1) is 0 Å². The van der Waals surface area contributed by atoms with Gasteiger partial charge in [-0.1, -0.05) is 11.6 Å². The average molecular weight is 378 g/mol. The number of nitrogens with zero attached hydrogens (tertiary/aromatic N) is 3. The number of halogens is 2. The topological polar surface area (TPSA) is 66.7 Å². The summed E-state index contributed by atoms with van der Waals surface area (Å²) in [6.07, 6.45) is 0. The molecular formula is C18H17ClFN3O3. The summed E-state index contributed by atoms with van der Waals surface area (Å²) in [7, 11) is 0. The Hall–Kier alpha value is -2.67. The minimum Gasteiger partial charge on any atom is -0.368 e. The quantitative estimate of drug-likeness (QED) is 0.604. The number of nitro benzene ring substituents is 1. The molecule has 8 heteroatoms. The molecule has 0 aliphatic carbocycles. The van der Waals surface area contributed by atoms with E-state index < -0.39 is 10.7 Å². The first-order valence-electron chi connectivity index (χ1n) is 8.11. The van der Waals surface area contributed by atoms with Gasteiger partial charge in [-0.25, -0.2) is 4.39 Å². The second kappa shape index (κ2) is 7.29. The molecule has 1 fully saturated rings. The van der Waals surface area contributed by atoms with Crippen molar-refractivity contribution in [3.05, 3.63) is 68.5 Å². The highest BCUT2D eigenvalue weighted by molar-refractivity contribution is 6.33. The van der Waals surface area contributed by atoms with Crippen molar-refractivity contribution in [2.45, 2.75) is 6.92 Å².